The predicted octanol–water partition coefficient (Wildman–Crippen LogP) is 2.25. The van der Waals surface area contributed by atoms with E-state index in [9.17, 15) is 13.2 Å². The summed E-state index contributed by atoms with van der Waals surface area (Å²) in [7, 11) is -2.74. The fraction of sp³-hybridized carbons (Fsp3) is 0.125. The fourth-order valence-corrected chi connectivity index (χ4v) is 4.05. The standard InChI is InChI=1S/C16H14ClN3O4S/c1-24-10-11-6-2-3-7-12(11)15(21)19-25(22,23)16-14(17)18-13-8-4-5-9-20(13)16/h2-9H,10H2,1H3,(H,19,21). The number of fused-ring (bicyclic) bond motifs is 1. The summed E-state index contributed by atoms with van der Waals surface area (Å²) >= 11 is 5.98. The van der Waals surface area contributed by atoms with Crippen LogP contribution in [0.25, 0.3) is 5.65 Å². The Morgan fingerprint density at radius 2 is 1.96 bits per heavy atom. The molecule has 0 aliphatic rings. The van der Waals surface area contributed by atoms with E-state index < -0.39 is 15.9 Å². The van der Waals surface area contributed by atoms with Crippen LogP contribution in [-0.2, 0) is 21.4 Å². The average molecular weight is 380 g/mol. The van der Waals surface area contributed by atoms with Crippen molar-refractivity contribution in [3.63, 3.8) is 0 Å². The molecule has 1 amide bonds. The van der Waals surface area contributed by atoms with Gasteiger partial charge in [-0.25, -0.2) is 9.71 Å². The van der Waals surface area contributed by atoms with E-state index in [1.54, 1.807) is 36.4 Å². The monoisotopic (exact) mass is 379 g/mol. The molecule has 3 aromatic rings. The second-order valence-electron chi connectivity index (χ2n) is 5.16. The van der Waals surface area contributed by atoms with Gasteiger partial charge in [0.25, 0.3) is 15.9 Å². The zero-order chi connectivity index (χ0) is 18.0. The number of rotatable bonds is 5. The highest BCUT2D eigenvalue weighted by molar-refractivity contribution is 7.90. The van der Waals surface area contributed by atoms with Crippen LogP contribution >= 0.6 is 11.6 Å². The zero-order valence-electron chi connectivity index (χ0n) is 13.1. The molecule has 1 aromatic carbocycles. The Bertz CT molecular complexity index is 1050. The maximum atomic E-state index is 12.7. The van der Waals surface area contributed by atoms with Gasteiger partial charge in [-0.05, 0) is 23.8 Å². The molecule has 0 atom stereocenters. The number of benzene rings is 1. The Labute approximate surface area is 149 Å². The third-order valence-corrected chi connectivity index (χ3v) is 5.22. The SMILES string of the molecule is COCc1ccccc1C(=O)NS(=O)(=O)c1c(Cl)nc2ccccn12. The lowest BCUT2D eigenvalue weighted by Gasteiger charge is -2.10. The highest BCUT2D eigenvalue weighted by Gasteiger charge is 2.27. The van der Waals surface area contributed by atoms with Crippen LogP contribution in [0.15, 0.2) is 53.7 Å². The Hall–Kier alpha value is -2.42. The van der Waals surface area contributed by atoms with Gasteiger partial charge in [0.05, 0.1) is 6.61 Å². The number of methoxy groups -OCH3 is 1. The normalized spacial score (nSPS) is 11.6. The van der Waals surface area contributed by atoms with Gasteiger partial charge in [0, 0.05) is 18.9 Å². The van der Waals surface area contributed by atoms with Crippen molar-refractivity contribution in [2.75, 3.05) is 7.11 Å². The van der Waals surface area contributed by atoms with Gasteiger partial charge >= 0.3 is 0 Å². The van der Waals surface area contributed by atoms with E-state index in [0.717, 1.165) is 0 Å². The molecule has 25 heavy (non-hydrogen) atoms. The summed E-state index contributed by atoms with van der Waals surface area (Å²) in [6, 6.07) is 11.5. The Balaban J connectivity index is 1.99. The van der Waals surface area contributed by atoms with Crippen LogP contribution < -0.4 is 4.72 Å². The minimum absolute atomic E-state index is 0.181. The Kier molecular flexibility index (Phi) is 4.76. The maximum absolute atomic E-state index is 12.7. The number of nitrogens with one attached hydrogen (secondary N) is 1. The summed E-state index contributed by atoms with van der Waals surface area (Å²) in [5.41, 5.74) is 1.14. The molecule has 0 fully saturated rings. The van der Waals surface area contributed by atoms with Crippen molar-refractivity contribution in [3.05, 3.63) is 64.9 Å². The summed E-state index contributed by atoms with van der Waals surface area (Å²) in [6.45, 7) is 0.181. The first kappa shape index (κ1) is 17.4. The quantitative estimate of drug-likeness (QED) is 0.734. The van der Waals surface area contributed by atoms with E-state index >= 15 is 0 Å². The van der Waals surface area contributed by atoms with Gasteiger partial charge < -0.3 is 4.74 Å². The zero-order valence-corrected chi connectivity index (χ0v) is 14.7. The molecule has 9 heteroatoms. The van der Waals surface area contributed by atoms with Gasteiger partial charge in [-0.2, -0.15) is 8.42 Å². The number of pyridine rings is 1. The number of hydrogen-bond acceptors (Lipinski definition) is 5. The van der Waals surface area contributed by atoms with Crippen LogP contribution in [-0.4, -0.2) is 30.8 Å². The molecule has 0 bridgehead atoms. The van der Waals surface area contributed by atoms with E-state index in [2.05, 4.69) is 4.98 Å². The third kappa shape index (κ3) is 3.37. The highest BCUT2D eigenvalue weighted by atomic mass is 35.5. The molecule has 0 radical (unpaired) electrons. The van der Waals surface area contributed by atoms with Gasteiger partial charge in [-0.3, -0.25) is 9.20 Å². The van der Waals surface area contributed by atoms with E-state index in [1.807, 2.05) is 4.72 Å². The molecule has 0 aliphatic heterocycles. The van der Waals surface area contributed by atoms with Gasteiger partial charge in [-0.1, -0.05) is 35.9 Å². The first-order valence-corrected chi connectivity index (χ1v) is 9.06. The number of carbonyl (C=O) groups excluding carboxylic acids is 1. The first-order valence-electron chi connectivity index (χ1n) is 7.20. The number of amides is 1. The van der Waals surface area contributed by atoms with Gasteiger partial charge in [0.15, 0.2) is 10.2 Å². The highest BCUT2D eigenvalue weighted by Crippen LogP contribution is 2.22. The van der Waals surface area contributed by atoms with Crippen molar-refractivity contribution in [2.45, 2.75) is 11.6 Å². The largest absolute Gasteiger partial charge is 0.380 e. The van der Waals surface area contributed by atoms with Crippen molar-refractivity contribution in [1.82, 2.24) is 14.1 Å². The van der Waals surface area contributed by atoms with Gasteiger partial charge in [-0.15, -0.1) is 0 Å². The van der Waals surface area contributed by atoms with E-state index in [1.165, 1.54) is 23.8 Å². The molecule has 0 unspecified atom stereocenters. The number of hydrogen-bond donors (Lipinski definition) is 1. The van der Waals surface area contributed by atoms with Crippen LogP contribution in [0.3, 0.4) is 0 Å². The van der Waals surface area contributed by atoms with Crippen LogP contribution in [0.5, 0.6) is 0 Å². The van der Waals surface area contributed by atoms with E-state index in [0.29, 0.717) is 11.2 Å². The lowest BCUT2D eigenvalue weighted by atomic mass is 10.1. The number of carbonyl (C=O) groups is 1. The van der Waals surface area contributed by atoms with Crippen molar-refractivity contribution >= 4 is 33.2 Å². The van der Waals surface area contributed by atoms with Crippen LogP contribution in [0, 0.1) is 0 Å². The minimum atomic E-state index is -4.23. The molecule has 0 saturated heterocycles. The summed E-state index contributed by atoms with van der Waals surface area (Å²) in [4.78, 5) is 16.5. The number of imidazole rings is 1. The average Bonchev–Trinajstić information content (AvgIpc) is 2.91. The minimum Gasteiger partial charge on any atom is -0.380 e. The van der Waals surface area contributed by atoms with Crippen molar-refractivity contribution in [1.29, 1.82) is 0 Å². The van der Waals surface area contributed by atoms with Gasteiger partial charge in [0.1, 0.15) is 5.65 Å². The molecule has 0 aliphatic carbocycles. The van der Waals surface area contributed by atoms with Crippen molar-refractivity contribution in [2.24, 2.45) is 0 Å². The Morgan fingerprint density at radius 1 is 1.24 bits per heavy atom. The fourth-order valence-electron chi connectivity index (χ4n) is 2.43. The molecular weight excluding hydrogens is 366 g/mol. The first-order chi connectivity index (χ1) is 11.9. The number of sulfonamides is 1. The number of ether oxygens (including phenoxy) is 1. The molecule has 0 spiro atoms. The number of halogens is 1. The molecule has 7 nitrogen and oxygen atoms in total. The molecular formula is C16H14ClN3O4S. The van der Waals surface area contributed by atoms with E-state index in [-0.39, 0.29) is 22.3 Å². The Morgan fingerprint density at radius 3 is 2.72 bits per heavy atom. The molecule has 3 rings (SSSR count). The molecule has 2 heterocycles. The van der Waals surface area contributed by atoms with Crippen LogP contribution in [0.4, 0.5) is 0 Å². The lowest BCUT2D eigenvalue weighted by molar-refractivity contribution is 0.0976. The smallest absolute Gasteiger partial charge is 0.283 e. The number of aromatic nitrogens is 2. The predicted molar refractivity (Wildman–Crippen MR) is 92.0 cm³/mol. The third-order valence-electron chi connectivity index (χ3n) is 3.49. The van der Waals surface area contributed by atoms with Crippen molar-refractivity contribution in [3.8, 4) is 0 Å². The van der Waals surface area contributed by atoms with Crippen LogP contribution in [0.2, 0.25) is 5.15 Å². The van der Waals surface area contributed by atoms with E-state index in [4.69, 9.17) is 16.3 Å². The molecule has 2 aromatic heterocycles. The summed E-state index contributed by atoms with van der Waals surface area (Å²) in [5.74, 6) is -0.769. The molecule has 0 saturated carbocycles. The summed E-state index contributed by atoms with van der Waals surface area (Å²) < 4.78 is 33.7. The van der Waals surface area contributed by atoms with Crippen LogP contribution in [0.1, 0.15) is 15.9 Å². The molecule has 1 N–H and O–H groups in total. The van der Waals surface area contributed by atoms with Crippen molar-refractivity contribution < 1.29 is 17.9 Å². The number of nitrogens with zero attached hydrogens (tertiary/aromatic N) is 2. The summed E-state index contributed by atoms with van der Waals surface area (Å²) in [6.07, 6.45) is 1.51. The lowest BCUT2D eigenvalue weighted by Crippen LogP contribution is -2.32. The summed E-state index contributed by atoms with van der Waals surface area (Å²) in [5, 5.41) is -0.501. The van der Waals surface area contributed by atoms with Gasteiger partial charge in [0.2, 0.25) is 0 Å². The second-order valence-corrected chi connectivity index (χ2v) is 7.12. The second kappa shape index (κ2) is 6.83. The molecule has 130 valence electrons. The topological polar surface area (TPSA) is 89.8 Å². The maximum Gasteiger partial charge on any atom is 0.283 e.